The molecule has 2 aromatic rings. The smallest absolute Gasteiger partial charge is 0.220 e. The highest BCUT2D eigenvalue weighted by molar-refractivity contribution is 5.77. The second-order valence-corrected chi connectivity index (χ2v) is 8.56. The van der Waals surface area contributed by atoms with Crippen LogP contribution in [0.4, 0.5) is 0 Å². The van der Waals surface area contributed by atoms with Crippen LogP contribution in [0.25, 0.3) is 0 Å². The molecule has 4 rings (SSSR count). The summed E-state index contributed by atoms with van der Waals surface area (Å²) in [5.74, 6) is 3.17. The molecule has 1 aromatic carbocycles. The zero-order valence-electron chi connectivity index (χ0n) is 18.0. The Morgan fingerprint density at radius 1 is 1.23 bits per heavy atom. The average molecular weight is 413 g/mol. The second kappa shape index (κ2) is 9.23. The molecule has 1 atom stereocenters. The van der Waals surface area contributed by atoms with Gasteiger partial charge >= 0.3 is 0 Å². The Morgan fingerprint density at radius 3 is 2.77 bits per heavy atom. The SMILES string of the molecule is COCCNC(=O)C[C@@H]1CC2(CCN(Cc3ccc(C)o3)CC2)Oc2ccccc21. The van der Waals surface area contributed by atoms with Crippen molar-refractivity contribution in [2.45, 2.75) is 50.7 Å². The predicted octanol–water partition coefficient (Wildman–Crippen LogP) is 3.64. The molecule has 2 aliphatic heterocycles. The second-order valence-electron chi connectivity index (χ2n) is 8.56. The fourth-order valence-corrected chi connectivity index (χ4v) is 4.73. The van der Waals surface area contributed by atoms with E-state index in [-0.39, 0.29) is 17.4 Å². The number of methoxy groups -OCH3 is 1. The van der Waals surface area contributed by atoms with Crippen LogP contribution in [0.5, 0.6) is 5.75 Å². The maximum absolute atomic E-state index is 12.5. The molecule has 1 N–H and O–H groups in total. The maximum atomic E-state index is 12.5. The van der Waals surface area contributed by atoms with Crippen molar-refractivity contribution in [3.63, 3.8) is 0 Å². The lowest BCUT2D eigenvalue weighted by Crippen LogP contribution is -2.50. The third-order valence-corrected chi connectivity index (χ3v) is 6.31. The molecule has 0 unspecified atom stereocenters. The summed E-state index contributed by atoms with van der Waals surface area (Å²) in [5.41, 5.74) is 0.958. The van der Waals surface area contributed by atoms with E-state index in [1.165, 1.54) is 0 Å². The molecule has 6 heteroatoms. The third-order valence-electron chi connectivity index (χ3n) is 6.31. The molecule has 0 aliphatic carbocycles. The topological polar surface area (TPSA) is 63.9 Å². The molecule has 30 heavy (non-hydrogen) atoms. The molecule has 0 saturated carbocycles. The van der Waals surface area contributed by atoms with Crippen LogP contribution in [0.3, 0.4) is 0 Å². The quantitative estimate of drug-likeness (QED) is 0.704. The summed E-state index contributed by atoms with van der Waals surface area (Å²) in [5, 5.41) is 2.97. The molecule has 0 radical (unpaired) electrons. The van der Waals surface area contributed by atoms with E-state index < -0.39 is 0 Å². The van der Waals surface area contributed by atoms with E-state index in [0.29, 0.717) is 19.6 Å². The van der Waals surface area contributed by atoms with Gasteiger partial charge in [-0.25, -0.2) is 0 Å². The number of benzene rings is 1. The Bertz CT molecular complexity index is 854. The third kappa shape index (κ3) is 4.87. The number of furan rings is 1. The number of likely N-dealkylation sites (tertiary alicyclic amines) is 1. The number of hydrogen-bond donors (Lipinski definition) is 1. The number of rotatable bonds is 7. The van der Waals surface area contributed by atoms with Gasteiger partial charge in [-0.15, -0.1) is 0 Å². The van der Waals surface area contributed by atoms with Crippen LogP contribution >= 0.6 is 0 Å². The molecule has 162 valence electrons. The lowest BCUT2D eigenvalue weighted by Gasteiger charge is -2.46. The van der Waals surface area contributed by atoms with Gasteiger partial charge in [0.2, 0.25) is 5.91 Å². The summed E-state index contributed by atoms with van der Waals surface area (Å²) in [4.78, 5) is 14.9. The van der Waals surface area contributed by atoms with Gasteiger partial charge in [0.1, 0.15) is 22.9 Å². The zero-order valence-corrected chi connectivity index (χ0v) is 18.0. The maximum Gasteiger partial charge on any atom is 0.220 e. The number of carbonyl (C=O) groups is 1. The fourth-order valence-electron chi connectivity index (χ4n) is 4.73. The standard InChI is InChI=1S/C24H32N2O4/c1-18-7-8-20(29-18)17-26-12-9-24(10-13-26)16-19(15-23(27)25-11-14-28-2)21-5-3-4-6-22(21)30-24/h3-8,19H,9-17H2,1-2H3,(H,25,27)/t19-/m1/s1. The number of piperidine rings is 1. The summed E-state index contributed by atoms with van der Waals surface area (Å²) in [6.07, 6.45) is 3.29. The number of carbonyl (C=O) groups excluding carboxylic acids is 1. The first-order chi connectivity index (χ1) is 14.6. The number of nitrogens with one attached hydrogen (secondary N) is 1. The molecule has 1 spiro atoms. The van der Waals surface area contributed by atoms with Crippen molar-refractivity contribution in [2.24, 2.45) is 0 Å². The highest BCUT2D eigenvalue weighted by atomic mass is 16.5. The minimum atomic E-state index is -0.193. The molecule has 2 aliphatic rings. The number of fused-ring (bicyclic) bond motifs is 1. The summed E-state index contributed by atoms with van der Waals surface area (Å²) in [7, 11) is 1.64. The van der Waals surface area contributed by atoms with E-state index in [9.17, 15) is 4.79 Å². The number of aryl methyl sites for hydroxylation is 1. The molecule has 1 saturated heterocycles. The van der Waals surface area contributed by atoms with Crippen molar-refractivity contribution < 1.29 is 18.7 Å². The highest BCUT2D eigenvalue weighted by Gasteiger charge is 2.43. The first-order valence-corrected chi connectivity index (χ1v) is 10.9. The summed E-state index contributed by atoms with van der Waals surface area (Å²) in [6.45, 7) is 5.83. The van der Waals surface area contributed by atoms with Crippen molar-refractivity contribution >= 4 is 5.91 Å². The van der Waals surface area contributed by atoms with Crippen molar-refractivity contribution in [3.8, 4) is 5.75 Å². The number of ether oxygens (including phenoxy) is 2. The van der Waals surface area contributed by atoms with Crippen LogP contribution < -0.4 is 10.1 Å². The van der Waals surface area contributed by atoms with Gasteiger partial charge in [0.25, 0.3) is 0 Å². The molecule has 1 fully saturated rings. The van der Waals surface area contributed by atoms with Gasteiger partial charge in [0.05, 0.1) is 13.2 Å². The number of nitrogens with zero attached hydrogens (tertiary/aromatic N) is 1. The van der Waals surface area contributed by atoms with Crippen LogP contribution in [0.1, 0.15) is 48.7 Å². The van der Waals surface area contributed by atoms with Gasteiger partial charge in [0, 0.05) is 39.1 Å². The molecule has 6 nitrogen and oxygen atoms in total. The van der Waals surface area contributed by atoms with Gasteiger partial charge in [-0.3, -0.25) is 9.69 Å². The Labute approximate surface area is 178 Å². The normalized spacial score (nSPS) is 20.5. The van der Waals surface area contributed by atoms with Crippen LogP contribution in [-0.4, -0.2) is 49.8 Å². The molecular formula is C24H32N2O4. The monoisotopic (exact) mass is 412 g/mol. The zero-order chi connectivity index (χ0) is 21.0. The van der Waals surface area contributed by atoms with Crippen molar-refractivity contribution in [2.75, 3.05) is 33.4 Å². The van der Waals surface area contributed by atoms with Gasteiger partial charge in [-0.1, -0.05) is 18.2 Å². The molecule has 0 bridgehead atoms. The van der Waals surface area contributed by atoms with Crippen LogP contribution in [0.15, 0.2) is 40.8 Å². The van der Waals surface area contributed by atoms with Gasteiger partial charge < -0.3 is 19.2 Å². The lowest BCUT2D eigenvalue weighted by atomic mass is 9.76. The Hall–Kier alpha value is -2.31. The van der Waals surface area contributed by atoms with E-state index in [1.54, 1.807) is 7.11 Å². The minimum Gasteiger partial charge on any atom is -0.487 e. The number of amides is 1. The Morgan fingerprint density at radius 2 is 2.03 bits per heavy atom. The lowest BCUT2D eigenvalue weighted by molar-refractivity contribution is -0.122. The largest absolute Gasteiger partial charge is 0.487 e. The minimum absolute atomic E-state index is 0.0783. The summed E-state index contributed by atoms with van der Waals surface area (Å²) < 4.78 is 17.4. The molecule has 1 amide bonds. The summed E-state index contributed by atoms with van der Waals surface area (Å²) >= 11 is 0. The average Bonchev–Trinajstić information content (AvgIpc) is 3.15. The number of hydrogen-bond acceptors (Lipinski definition) is 5. The van der Waals surface area contributed by atoms with Crippen LogP contribution in [0.2, 0.25) is 0 Å². The molecule has 1 aromatic heterocycles. The Kier molecular flexibility index (Phi) is 6.44. The first-order valence-electron chi connectivity index (χ1n) is 10.9. The van der Waals surface area contributed by atoms with Gasteiger partial charge in [-0.05, 0) is 49.9 Å². The fraction of sp³-hybridized carbons (Fsp3) is 0.542. The molecular weight excluding hydrogens is 380 g/mol. The summed E-state index contributed by atoms with van der Waals surface area (Å²) in [6, 6.07) is 12.3. The van der Waals surface area contributed by atoms with Crippen molar-refractivity contribution in [1.82, 2.24) is 10.2 Å². The van der Waals surface area contributed by atoms with E-state index in [0.717, 1.165) is 61.7 Å². The van der Waals surface area contributed by atoms with Crippen molar-refractivity contribution in [1.29, 1.82) is 0 Å². The van der Waals surface area contributed by atoms with Gasteiger partial charge in [0.15, 0.2) is 0 Å². The highest BCUT2D eigenvalue weighted by Crippen LogP contribution is 2.46. The molecule has 3 heterocycles. The van der Waals surface area contributed by atoms with Crippen LogP contribution in [-0.2, 0) is 16.1 Å². The predicted molar refractivity (Wildman–Crippen MR) is 115 cm³/mol. The Balaban J connectivity index is 1.41. The van der Waals surface area contributed by atoms with E-state index in [4.69, 9.17) is 13.9 Å². The van der Waals surface area contributed by atoms with Crippen LogP contribution in [0, 0.1) is 6.92 Å². The van der Waals surface area contributed by atoms with E-state index >= 15 is 0 Å². The van der Waals surface area contributed by atoms with Gasteiger partial charge in [-0.2, -0.15) is 0 Å². The van der Waals surface area contributed by atoms with Crippen molar-refractivity contribution in [3.05, 3.63) is 53.5 Å². The first kappa shape index (κ1) is 20.9. The van der Waals surface area contributed by atoms with E-state index in [1.807, 2.05) is 31.2 Å². The number of para-hydroxylation sites is 1. The van der Waals surface area contributed by atoms with E-state index in [2.05, 4.69) is 22.3 Å².